The lowest BCUT2D eigenvalue weighted by molar-refractivity contribution is -0.120. The third-order valence-electron chi connectivity index (χ3n) is 3.46. The van der Waals surface area contributed by atoms with E-state index in [1.54, 1.807) is 12.5 Å². The van der Waals surface area contributed by atoms with E-state index in [9.17, 15) is 4.79 Å². The summed E-state index contributed by atoms with van der Waals surface area (Å²) < 4.78 is 0. The molecule has 0 radical (unpaired) electrons. The van der Waals surface area contributed by atoms with Crippen LogP contribution in [0.25, 0.3) is 0 Å². The lowest BCUT2D eigenvalue weighted by Crippen LogP contribution is -2.27. The highest BCUT2D eigenvalue weighted by Gasteiger charge is 2.19. The van der Waals surface area contributed by atoms with Crippen molar-refractivity contribution in [2.24, 2.45) is 0 Å². The van der Waals surface area contributed by atoms with Crippen molar-refractivity contribution in [1.82, 2.24) is 15.3 Å². The molecule has 1 amide bonds. The first-order valence-corrected chi connectivity index (χ1v) is 7.48. The minimum Gasteiger partial charge on any atom is -0.352 e. The lowest BCUT2D eigenvalue weighted by Gasteiger charge is -2.21. The minimum absolute atomic E-state index is 0.00700. The molecular weight excluding hydrogens is 274 g/mol. The largest absolute Gasteiger partial charge is 0.352 e. The molecule has 0 saturated heterocycles. The molecule has 0 spiro atoms. The van der Waals surface area contributed by atoms with Crippen LogP contribution in [0.15, 0.2) is 36.8 Å². The van der Waals surface area contributed by atoms with E-state index in [0.717, 1.165) is 16.8 Å². The Morgan fingerprint density at radius 1 is 1.18 bits per heavy atom. The molecule has 1 N–H and O–H groups in total. The second-order valence-electron chi connectivity index (χ2n) is 6.59. The number of nitrogens with one attached hydrogen (secondary N) is 1. The zero-order chi connectivity index (χ0) is 16.2. The number of rotatable bonds is 4. The number of carbonyl (C=O) groups is 1. The van der Waals surface area contributed by atoms with Crippen molar-refractivity contribution in [3.63, 3.8) is 0 Å². The van der Waals surface area contributed by atoms with Gasteiger partial charge in [0.05, 0.1) is 12.1 Å². The number of aromatic nitrogens is 2. The molecule has 2 rings (SSSR count). The highest BCUT2D eigenvalue weighted by atomic mass is 16.1. The molecule has 116 valence electrons. The molecule has 1 heterocycles. The van der Waals surface area contributed by atoms with Gasteiger partial charge in [-0.15, -0.1) is 0 Å². The van der Waals surface area contributed by atoms with E-state index in [0.29, 0.717) is 13.0 Å². The molecule has 0 saturated carbocycles. The van der Waals surface area contributed by atoms with Crippen LogP contribution in [0, 0.1) is 6.92 Å². The molecule has 0 fully saturated rings. The van der Waals surface area contributed by atoms with Crippen molar-refractivity contribution >= 4 is 5.91 Å². The highest BCUT2D eigenvalue weighted by Crippen LogP contribution is 2.22. The summed E-state index contributed by atoms with van der Waals surface area (Å²) in [5, 5.41) is 2.96. The number of aryl methyl sites for hydroxylation is 1. The summed E-state index contributed by atoms with van der Waals surface area (Å²) in [6.07, 6.45) is 3.72. The van der Waals surface area contributed by atoms with Crippen LogP contribution in [0.4, 0.5) is 0 Å². The fourth-order valence-electron chi connectivity index (χ4n) is 2.31. The maximum absolute atomic E-state index is 12.1. The van der Waals surface area contributed by atoms with Gasteiger partial charge in [0.25, 0.3) is 0 Å². The molecule has 0 aliphatic rings. The predicted molar refractivity (Wildman–Crippen MR) is 87.5 cm³/mol. The standard InChI is InChI=1S/C18H23N3O/c1-13-5-7-14(8-6-13)9-16(22)20-11-15-10-19-12-21-17(15)18(2,3)4/h5-8,10,12H,9,11H2,1-4H3,(H,20,22). The van der Waals surface area contributed by atoms with Crippen LogP contribution in [-0.4, -0.2) is 15.9 Å². The van der Waals surface area contributed by atoms with Crippen LogP contribution in [0.2, 0.25) is 0 Å². The van der Waals surface area contributed by atoms with Crippen LogP contribution in [-0.2, 0) is 23.2 Å². The van der Waals surface area contributed by atoms with Crippen molar-refractivity contribution in [2.75, 3.05) is 0 Å². The molecule has 0 unspecified atom stereocenters. The fraction of sp³-hybridized carbons (Fsp3) is 0.389. The first-order chi connectivity index (χ1) is 10.4. The van der Waals surface area contributed by atoms with Gasteiger partial charge in [-0.05, 0) is 12.5 Å². The number of hydrogen-bond acceptors (Lipinski definition) is 3. The van der Waals surface area contributed by atoms with Crippen LogP contribution in [0.1, 0.15) is 43.2 Å². The van der Waals surface area contributed by atoms with Crippen molar-refractivity contribution in [3.8, 4) is 0 Å². The van der Waals surface area contributed by atoms with Gasteiger partial charge in [-0.2, -0.15) is 0 Å². The Morgan fingerprint density at radius 3 is 2.50 bits per heavy atom. The Hall–Kier alpha value is -2.23. The number of carbonyl (C=O) groups excluding carboxylic acids is 1. The summed E-state index contributed by atoms with van der Waals surface area (Å²) in [7, 11) is 0. The van der Waals surface area contributed by atoms with E-state index < -0.39 is 0 Å². The Bertz CT molecular complexity index is 642. The number of amides is 1. The van der Waals surface area contributed by atoms with Crippen LogP contribution < -0.4 is 5.32 Å². The Balaban J connectivity index is 1.98. The Morgan fingerprint density at radius 2 is 1.86 bits per heavy atom. The van der Waals surface area contributed by atoms with Gasteiger partial charge in [0.2, 0.25) is 5.91 Å². The average molecular weight is 297 g/mol. The van der Waals surface area contributed by atoms with Crippen molar-refractivity contribution in [1.29, 1.82) is 0 Å². The van der Waals surface area contributed by atoms with Crippen molar-refractivity contribution < 1.29 is 4.79 Å². The first kappa shape index (κ1) is 16.1. The van der Waals surface area contributed by atoms with Crippen molar-refractivity contribution in [2.45, 2.75) is 46.1 Å². The molecule has 4 heteroatoms. The Labute approximate surface area is 132 Å². The van der Waals surface area contributed by atoms with Crippen molar-refractivity contribution in [3.05, 3.63) is 59.2 Å². The van der Waals surface area contributed by atoms with E-state index >= 15 is 0 Å². The predicted octanol–water partition coefficient (Wildman–Crippen LogP) is 2.94. The van der Waals surface area contributed by atoms with Gasteiger partial charge in [0, 0.05) is 23.7 Å². The van der Waals surface area contributed by atoms with Gasteiger partial charge in [-0.3, -0.25) is 4.79 Å². The summed E-state index contributed by atoms with van der Waals surface area (Å²) >= 11 is 0. The van der Waals surface area contributed by atoms with E-state index in [4.69, 9.17) is 0 Å². The van der Waals surface area contributed by atoms with E-state index in [-0.39, 0.29) is 11.3 Å². The SMILES string of the molecule is Cc1ccc(CC(=O)NCc2cncnc2C(C)(C)C)cc1. The Kier molecular flexibility index (Phi) is 4.91. The lowest BCUT2D eigenvalue weighted by atomic mass is 9.89. The summed E-state index contributed by atoms with van der Waals surface area (Å²) in [5.74, 6) is 0.00700. The molecule has 1 aromatic heterocycles. The zero-order valence-electron chi connectivity index (χ0n) is 13.7. The topological polar surface area (TPSA) is 54.9 Å². The molecule has 0 bridgehead atoms. The monoisotopic (exact) mass is 297 g/mol. The highest BCUT2D eigenvalue weighted by molar-refractivity contribution is 5.78. The second kappa shape index (κ2) is 6.69. The fourth-order valence-corrected chi connectivity index (χ4v) is 2.31. The van der Waals surface area contributed by atoms with Gasteiger partial charge in [-0.25, -0.2) is 9.97 Å². The average Bonchev–Trinajstić information content (AvgIpc) is 2.47. The molecule has 0 aliphatic carbocycles. The summed E-state index contributed by atoms with van der Waals surface area (Å²) in [5.41, 5.74) is 4.08. The molecule has 4 nitrogen and oxygen atoms in total. The molecule has 0 atom stereocenters. The van der Waals surface area contributed by atoms with E-state index in [2.05, 4.69) is 36.1 Å². The van der Waals surface area contributed by atoms with Crippen LogP contribution >= 0.6 is 0 Å². The molecule has 22 heavy (non-hydrogen) atoms. The zero-order valence-corrected chi connectivity index (χ0v) is 13.7. The minimum atomic E-state index is -0.0695. The number of benzene rings is 1. The summed E-state index contributed by atoms with van der Waals surface area (Å²) in [6.45, 7) is 8.80. The molecule has 2 aromatic rings. The smallest absolute Gasteiger partial charge is 0.224 e. The van der Waals surface area contributed by atoms with Crippen LogP contribution in [0.3, 0.4) is 0 Å². The quantitative estimate of drug-likeness (QED) is 0.944. The van der Waals surface area contributed by atoms with E-state index in [1.165, 1.54) is 5.56 Å². The van der Waals surface area contributed by atoms with Gasteiger partial charge in [0.15, 0.2) is 0 Å². The third-order valence-corrected chi connectivity index (χ3v) is 3.46. The summed E-state index contributed by atoms with van der Waals surface area (Å²) in [4.78, 5) is 20.5. The molecule has 0 aliphatic heterocycles. The molecule has 1 aromatic carbocycles. The summed E-state index contributed by atoms with van der Waals surface area (Å²) in [6, 6.07) is 8.01. The van der Waals surface area contributed by atoms with Gasteiger partial charge in [0.1, 0.15) is 6.33 Å². The maximum Gasteiger partial charge on any atom is 0.224 e. The van der Waals surface area contributed by atoms with Crippen LogP contribution in [0.5, 0.6) is 0 Å². The molecular formula is C18H23N3O. The van der Waals surface area contributed by atoms with Gasteiger partial charge < -0.3 is 5.32 Å². The number of hydrogen-bond donors (Lipinski definition) is 1. The van der Waals surface area contributed by atoms with E-state index in [1.807, 2.05) is 31.2 Å². The first-order valence-electron chi connectivity index (χ1n) is 7.48. The van der Waals surface area contributed by atoms with Gasteiger partial charge >= 0.3 is 0 Å². The normalized spacial score (nSPS) is 11.3. The third kappa shape index (κ3) is 4.38. The maximum atomic E-state index is 12.1. The second-order valence-corrected chi connectivity index (χ2v) is 6.59. The van der Waals surface area contributed by atoms with Gasteiger partial charge in [-0.1, -0.05) is 50.6 Å². The number of nitrogens with zero attached hydrogens (tertiary/aromatic N) is 2.